The first kappa shape index (κ1) is 34.0. The molecule has 0 radical (unpaired) electrons. The standard InChI is InChI=1S/C17H18N4O6S.C12H18N2O2/c1-10-7-11(2)19-16(18-10)20-17(23)21-28(24,25)14-6-4-3-5-13(14)15(22)27-12-8-26-9-12;1-3-14(4-2)8-9-16-12(15)11-6-5-7-13-10-11/h3-7,12H,8-9H2,1-2H3,(H2,18,19,20,21,23);5-7,10H,3-4,8-9H2,1-2H3. The second-order valence-corrected chi connectivity index (χ2v) is 11.2. The molecule has 1 saturated heterocycles. The molecule has 0 bridgehead atoms. The highest BCUT2D eigenvalue weighted by molar-refractivity contribution is 7.90. The normalized spacial score (nSPS) is 12.8. The fourth-order valence-electron chi connectivity index (χ4n) is 3.83. The first-order valence-electron chi connectivity index (χ1n) is 13.9. The van der Waals surface area contributed by atoms with Crippen LogP contribution in [0.15, 0.2) is 59.8 Å². The van der Waals surface area contributed by atoms with Gasteiger partial charge in [0.25, 0.3) is 10.0 Å². The number of urea groups is 1. The number of carbonyl (C=O) groups is 3. The van der Waals surface area contributed by atoms with Crippen LogP contribution >= 0.6 is 0 Å². The van der Waals surface area contributed by atoms with Crippen molar-refractivity contribution in [2.75, 3.05) is 44.8 Å². The van der Waals surface area contributed by atoms with Gasteiger partial charge in [0.1, 0.15) is 17.6 Å². The summed E-state index contributed by atoms with van der Waals surface area (Å²) in [6.45, 7) is 11.3. The smallest absolute Gasteiger partial charge is 0.339 e. The lowest BCUT2D eigenvalue weighted by Crippen LogP contribution is -2.39. The molecular formula is C29H36N6O8S. The van der Waals surface area contributed by atoms with Gasteiger partial charge in [-0.1, -0.05) is 26.0 Å². The van der Waals surface area contributed by atoms with Crippen LogP contribution in [0.4, 0.5) is 10.7 Å². The van der Waals surface area contributed by atoms with Gasteiger partial charge >= 0.3 is 18.0 Å². The van der Waals surface area contributed by atoms with Gasteiger partial charge < -0.3 is 19.1 Å². The number of hydrogen-bond acceptors (Lipinski definition) is 12. The van der Waals surface area contributed by atoms with Crippen molar-refractivity contribution < 1.29 is 37.0 Å². The molecule has 2 N–H and O–H groups in total. The van der Waals surface area contributed by atoms with Crippen molar-refractivity contribution in [1.82, 2.24) is 24.6 Å². The van der Waals surface area contributed by atoms with Crippen LogP contribution in [0, 0.1) is 13.8 Å². The highest BCUT2D eigenvalue weighted by atomic mass is 32.2. The maximum atomic E-state index is 12.6. The molecule has 44 heavy (non-hydrogen) atoms. The minimum atomic E-state index is -4.35. The van der Waals surface area contributed by atoms with E-state index < -0.39 is 28.1 Å². The molecule has 14 nitrogen and oxygen atoms in total. The van der Waals surface area contributed by atoms with E-state index in [4.69, 9.17) is 14.2 Å². The summed E-state index contributed by atoms with van der Waals surface area (Å²) in [5.41, 5.74) is 1.54. The molecule has 2 aromatic heterocycles. The van der Waals surface area contributed by atoms with Crippen LogP contribution < -0.4 is 10.0 Å². The van der Waals surface area contributed by atoms with E-state index in [-0.39, 0.29) is 35.6 Å². The summed E-state index contributed by atoms with van der Waals surface area (Å²) < 4.78 is 42.3. The molecule has 1 fully saturated rings. The summed E-state index contributed by atoms with van der Waals surface area (Å²) in [4.78, 5) is 49.6. The summed E-state index contributed by atoms with van der Waals surface area (Å²) >= 11 is 0. The molecule has 0 aliphatic carbocycles. The van der Waals surface area contributed by atoms with Crippen molar-refractivity contribution in [2.45, 2.75) is 38.7 Å². The number of carbonyl (C=O) groups excluding carboxylic acids is 3. The third-order valence-electron chi connectivity index (χ3n) is 6.14. The van der Waals surface area contributed by atoms with Crippen molar-refractivity contribution in [3.8, 4) is 0 Å². The summed E-state index contributed by atoms with van der Waals surface area (Å²) in [7, 11) is -4.35. The molecule has 3 heterocycles. The minimum Gasteiger partial charge on any atom is -0.461 e. The number of rotatable bonds is 11. The number of nitrogens with zero attached hydrogens (tertiary/aromatic N) is 4. The number of pyridine rings is 1. The zero-order chi connectivity index (χ0) is 32.1. The Morgan fingerprint density at radius 3 is 2.27 bits per heavy atom. The van der Waals surface area contributed by atoms with Crippen molar-refractivity contribution >= 4 is 33.9 Å². The Hall–Kier alpha value is -4.47. The lowest BCUT2D eigenvalue weighted by atomic mass is 10.2. The Bertz CT molecular complexity index is 1510. The van der Waals surface area contributed by atoms with E-state index in [1.54, 1.807) is 38.2 Å². The molecule has 4 rings (SSSR count). The van der Waals surface area contributed by atoms with Crippen molar-refractivity contribution in [2.24, 2.45) is 0 Å². The zero-order valence-corrected chi connectivity index (χ0v) is 25.8. The zero-order valence-electron chi connectivity index (χ0n) is 25.0. The van der Waals surface area contributed by atoms with Crippen LogP contribution in [0.1, 0.15) is 46.0 Å². The van der Waals surface area contributed by atoms with Gasteiger partial charge in [-0.05, 0) is 57.3 Å². The minimum absolute atomic E-state index is 0.0390. The van der Waals surface area contributed by atoms with Gasteiger partial charge in [0, 0.05) is 30.3 Å². The molecule has 1 aromatic carbocycles. The molecule has 0 saturated carbocycles. The summed E-state index contributed by atoms with van der Waals surface area (Å²) in [6.07, 6.45) is 2.73. The average molecular weight is 629 g/mol. The Morgan fingerprint density at radius 1 is 1.00 bits per heavy atom. The van der Waals surface area contributed by atoms with Gasteiger partial charge in [-0.15, -0.1) is 0 Å². The molecule has 0 spiro atoms. The van der Waals surface area contributed by atoms with E-state index in [2.05, 4.69) is 39.0 Å². The van der Waals surface area contributed by atoms with Gasteiger partial charge in [-0.3, -0.25) is 10.3 Å². The van der Waals surface area contributed by atoms with E-state index in [0.29, 0.717) is 23.6 Å². The number of aromatic nitrogens is 3. The maximum absolute atomic E-state index is 12.6. The summed E-state index contributed by atoms with van der Waals surface area (Å²) in [6, 6.07) is 9.51. The van der Waals surface area contributed by atoms with Crippen LogP contribution in [0.3, 0.4) is 0 Å². The van der Waals surface area contributed by atoms with E-state index in [1.165, 1.54) is 30.5 Å². The molecule has 2 amide bonds. The number of benzene rings is 1. The molecule has 236 valence electrons. The van der Waals surface area contributed by atoms with E-state index >= 15 is 0 Å². The molecule has 15 heteroatoms. The first-order chi connectivity index (χ1) is 21.0. The predicted octanol–water partition coefficient (Wildman–Crippen LogP) is 2.74. The fourth-order valence-corrected chi connectivity index (χ4v) is 4.93. The summed E-state index contributed by atoms with van der Waals surface area (Å²) in [5, 5.41) is 2.26. The van der Waals surface area contributed by atoms with E-state index in [0.717, 1.165) is 19.6 Å². The lowest BCUT2D eigenvalue weighted by Gasteiger charge is -2.25. The first-order valence-corrected chi connectivity index (χ1v) is 15.3. The van der Waals surface area contributed by atoms with Crippen molar-refractivity contribution in [1.29, 1.82) is 0 Å². The molecule has 0 unspecified atom stereocenters. The predicted molar refractivity (Wildman–Crippen MR) is 160 cm³/mol. The van der Waals surface area contributed by atoms with E-state index in [1.807, 2.05) is 4.72 Å². The van der Waals surface area contributed by atoms with Crippen LogP contribution in [0.2, 0.25) is 0 Å². The SMILES string of the molecule is CCN(CC)CCOC(=O)c1cccnc1.Cc1cc(C)nc(NC(=O)NS(=O)(=O)c2ccccc2C(=O)OC2COC2)n1. The number of ether oxygens (including phenoxy) is 3. The molecular weight excluding hydrogens is 592 g/mol. The Balaban J connectivity index is 0.000000281. The van der Waals surface area contributed by atoms with Crippen molar-refractivity contribution in [3.63, 3.8) is 0 Å². The second kappa shape index (κ2) is 16.4. The number of anilines is 1. The van der Waals surface area contributed by atoms with Gasteiger partial charge in [0.05, 0.1) is 24.3 Å². The highest BCUT2D eigenvalue weighted by Gasteiger charge is 2.29. The fraction of sp³-hybridized carbons (Fsp3) is 0.379. The number of esters is 2. The molecule has 3 aromatic rings. The highest BCUT2D eigenvalue weighted by Crippen LogP contribution is 2.19. The lowest BCUT2D eigenvalue weighted by molar-refractivity contribution is -0.103. The van der Waals surface area contributed by atoms with Crippen LogP contribution in [-0.4, -0.2) is 91.8 Å². The topological polar surface area (TPSA) is 179 Å². The third kappa shape index (κ3) is 10.4. The number of hydrogen-bond donors (Lipinski definition) is 2. The number of nitrogens with one attached hydrogen (secondary N) is 2. The van der Waals surface area contributed by atoms with Gasteiger partial charge in [0.2, 0.25) is 5.95 Å². The third-order valence-corrected chi connectivity index (χ3v) is 7.53. The monoisotopic (exact) mass is 628 g/mol. The van der Waals surface area contributed by atoms with Crippen LogP contribution in [-0.2, 0) is 24.2 Å². The molecule has 1 aliphatic heterocycles. The Labute approximate surface area is 256 Å². The average Bonchev–Trinajstić information content (AvgIpc) is 2.97. The number of amides is 2. The maximum Gasteiger partial charge on any atom is 0.339 e. The quantitative estimate of drug-likeness (QED) is 0.297. The molecule has 1 aliphatic rings. The Morgan fingerprint density at radius 2 is 1.68 bits per heavy atom. The van der Waals surface area contributed by atoms with Gasteiger partial charge in [-0.2, -0.15) is 0 Å². The summed E-state index contributed by atoms with van der Waals surface area (Å²) in [5.74, 6) is -1.16. The Kier molecular flexibility index (Phi) is 12.7. The second-order valence-electron chi connectivity index (χ2n) is 9.50. The molecule has 0 atom stereocenters. The van der Waals surface area contributed by atoms with Gasteiger partial charge in [-0.25, -0.2) is 37.5 Å². The van der Waals surface area contributed by atoms with Gasteiger partial charge in [0.15, 0.2) is 0 Å². The van der Waals surface area contributed by atoms with Crippen LogP contribution in [0.25, 0.3) is 0 Å². The van der Waals surface area contributed by atoms with Crippen LogP contribution in [0.5, 0.6) is 0 Å². The largest absolute Gasteiger partial charge is 0.461 e. The number of sulfonamides is 1. The number of likely N-dealkylation sites (N-methyl/N-ethyl adjacent to an activating group) is 1. The van der Waals surface area contributed by atoms with Crippen molar-refractivity contribution in [3.05, 3.63) is 77.4 Å². The van der Waals surface area contributed by atoms with E-state index in [9.17, 15) is 22.8 Å². The number of aryl methyl sites for hydroxylation is 2.